The average Bonchev–Trinajstić information content (AvgIpc) is 2.08. The van der Waals surface area contributed by atoms with Gasteiger partial charge < -0.3 is 5.32 Å². The summed E-state index contributed by atoms with van der Waals surface area (Å²) < 4.78 is 2.05. The topological polar surface area (TPSA) is 29.1 Å². The SMILES string of the molecule is CC(C)NC(=O)c1ccc(I)c(Br)c1. The molecule has 1 rings (SSSR count). The first kappa shape index (κ1) is 12.0. The Morgan fingerprint density at radius 3 is 2.64 bits per heavy atom. The van der Waals surface area contributed by atoms with E-state index >= 15 is 0 Å². The van der Waals surface area contributed by atoms with E-state index in [2.05, 4.69) is 43.8 Å². The molecular weight excluding hydrogens is 357 g/mol. The molecule has 1 aromatic rings. The smallest absolute Gasteiger partial charge is 0.251 e. The van der Waals surface area contributed by atoms with Crippen LogP contribution in [0.2, 0.25) is 0 Å². The minimum atomic E-state index is -0.0305. The number of rotatable bonds is 2. The maximum absolute atomic E-state index is 11.6. The molecule has 0 unspecified atom stereocenters. The van der Waals surface area contributed by atoms with Crippen molar-refractivity contribution in [3.8, 4) is 0 Å². The highest BCUT2D eigenvalue weighted by atomic mass is 127. The standard InChI is InChI=1S/C10H11BrINO/c1-6(2)13-10(14)7-3-4-9(12)8(11)5-7/h3-6H,1-2H3,(H,13,14). The summed E-state index contributed by atoms with van der Waals surface area (Å²) in [4.78, 5) is 11.6. The molecule has 4 heteroatoms. The van der Waals surface area contributed by atoms with Gasteiger partial charge in [0.2, 0.25) is 0 Å². The van der Waals surface area contributed by atoms with Crippen LogP contribution in [-0.2, 0) is 0 Å². The number of hydrogen-bond acceptors (Lipinski definition) is 1. The van der Waals surface area contributed by atoms with E-state index in [-0.39, 0.29) is 11.9 Å². The molecule has 0 aliphatic rings. The van der Waals surface area contributed by atoms with E-state index in [0.29, 0.717) is 5.56 Å². The molecule has 0 spiro atoms. The summed E-state index contributed by atoms with van der Waals surface area (Å²) in [7, 11) is 0. The Labute approximate surface area is 106 Å². The van der Waals surface area contributed by atoms with Gasteiger partial charge in [0.1, 0.15) is 0 Å². The van der Waals surface area contributed by atoms with Crippen molar-refractivity contribution in [2.75, 3.05) is 0 Å². The van der Waals surface area contributed by atoms with Crippen molar-refractivity contribution in [3.63, 3.8) is 0 Å². The van der Waals surface area contributed by atoms with Crippen molar-refractivity contribution in [1.82, 2.24) is 5.32 Å². The van der Waals surface area contributed by atoms with Crippen molar-refractivity contribution in [1.29, 1.82) is 0 Å². The predicted octanol–water partition coefficient (Wildman–Crippen LogP) is 3.19. The highest BCUT2D eigenvalue weighted by Gasteiger charge is 2.07. The second-order valence-corrected chi connectivity index (χ2v) is 5.27. The van der Waals surface area contributed by atoms with Crippen LogP contribution >= 0.6 is 38.5 Å². The van der Waals surface area contributed by atoms with Crippen molar-refractivity contribution >= 4 is 44.4 Å². The predicted molar refractivity (Wildman–Crippen MR) is 69.5 cm³/mol. The Hall–Kier alpha value is -0.100. The zero-order chi connectivity index (χ0) is 10.7. The van der Waals surface area contributed by atoms with Crippen LogP contribution in [0.25, 0.3) is 0 Å². The number of carbonyl (C=O) groups is 1. The van der Waals surface area contributed by atoms with Crippen molar-refractivity contribution in [2.45, 2.75) is 19.9 Å². The highest BCUT2D eigenvalue weighted by molar-refractivity contribution is 14.1. The molecule has 0 fully saturated rings. The van der Waals surface area contributed by atoms with E-state index in [1.54, 1.807) is 0 Å². The number of benzene rings is 1. The third-order valence-corrected chi connectivity index (χ3v) is 3.94. The molecule has 1 N–H and O–H groups in total. The van der Waals surface area contributed by atoms with Crippen molar-refractivity contribution in [3.05, 3.63) is 31.8 Å². The highest BCUT2D eigenvalue weighted by Crippen LogP contribution is 2.20. The maximum atomic E-state index is 11.6. The molecule has 0 aliphatic carbocycles. The van der Waals surface area contributed by atoms with E-state index in [4.69, 9.17) is 0 Å². The molecular formula is C10H11BrINO. The van der Waals surface area contributed by atoms with E-state index in [1.165, 1.54) is 0 Å². The second kappa shape index (κ2) is 5.11. The van der Waals surface area contributed by atoms with Gasteiger partial charge in [-0.3, -0.25) is 4.79 Å². The molecule has 76 valence electrons. The van der Waals surface area contributed by atoms with E-state index < -0.39 is 0 Å². The maximum Gasteiger partial charge on any atom is 0.251 e. The minimum Gasteiger partial charge on any atom is -0.350 e. The molecule has 1 aromatic carbocycles. The first-order valence-corrected chi connectivity index (χ1v) is 6.14. The summed E-state index contributed by atoms with van der Waals surface area (Å²) in [5.74, 6) is -0.0305. The largest absolute Gasteiger partial charge is 0.350 e. The monoisotopic (exact) mass is 367 g/mol. The Balaban J connectivity index is 2.86. The van der Waals surface area contributed by atoms with Crippen LogP contribution in [0.15, 0.2) is 22.7 Å². The summed E-state index contributed by atoms with van der Waals surface area (Å²) in [6.45, 7) is 3.89. The quantitative estimate of drug-likeness (QED) is 0.799. The Morgan fingerprint density at radius 2 is 2.14 bits per heavy atom. The van der Waals surface area contributed by atoms with Crippen LogP contribution in [-0.4, -0.2) is 11.9 Å². The summed E-state index contributed by atoms with van der Waals surface area (Å²) in [5.41, 5.74) is 0.686. The van der Waals surface area contributed by atoms with Gasteiger partial charge in [-0.1, -0.05) is 0 Å². The van der Waals surface area contributed by atoms with Gasteiger partial charge in [-0.2, -0.15) is 0 Å². The molecule has 2 nitrogen and oxygen atoms in total. The van der Waals surface area contributed by atoms with Gasteiger partial charge in [-0.15, -0.1) is 0 Å². The lowest BCUT2D eigenvalue weighted by atomic mass is 10.2. The molecule has 0 saturated carbocycles. The van der Waals surface area contributed by atoms with Gasteiger partial charge in [0, 0.05) is 19.6 Å². The molecule has 1 amide bonds. The van der Waals surface area contributed by atoms with E-state index in [0.717, 1.165) is 8.04 Å². The molecule has 0 heterocycles. The lowest BCUT2D eigenvalue weighted by Gasteiger charge is -2.08. The Kier molecular flexibility index (Phi) is 4.37. The summed E-state index contributed by atoms with van der Waals surface area (Å²) in [5, 5.41) is 2.84. The van der Waals surface area contributed by atoms with Crippen molar-refractivity contribution in [2.24, 2.45) is 0 Å². The van der Waals surface area contributed by atoms with Gasteiger partial charge in [-0.25, -0.2) is 0 Å². The Bertz CT molecular complexity index is 352. The summed E-state index contributed by atoms with van der Waals surface area (Å²) >= 11 is 5.60. The normalized spacial score (nSPS) is 10.4. The van der Waals surface area contributed by atoms with E-state index in [1.807, 2.05) is 32.0 Å². The van der Waals surface area contributed by atoms with Crippen LogP contribution in [0.3, 0.4) is 0 Å². The number of halogens is 2. The van der Waals surface area contributed by atoms with Gasteiger partial charge in [0.15, 0.2) is 0 Å². The fourth-order valence-electron chi connectivity index (χ4n) is 0.983. The molecule has 14 heavy (non-hydrogen) atoms. The lowest BCUT2D eigenvalue weighted by Crippen LogP contribution is -2.30. The van der Waals surface area contributed by atoms with Crippen LogP contribution in [0.5, 0.6) is 0 Å². The number of nitrogens with one attached hydrogen (secondary N) is 1. The van der Waals surface area contributed by atoms with Crippen LogP contribution in [0, 0.1) is 3.57 Å². The van der Waals surface area contributed by atoms with Crippen molar-refractivity contribution < 1.29 is 4.79 Å². The van der Waals surface area contributed by atoms with E-state index in [9.17, 15) is 4.79 Å². The van der Waals surface area contributed by atoms with Gasteiger partial charge in [0.05, 0.1) is 0 Å². The first-order valence-electron chi connectivity index (χ1n) is 4.26. The third-order valence-electron chi connectivity index (χ3n) is 1.60. The molecule has 0 saturated heterocycles. The average molecular weight is 368 g/mol. The third kappa shape index (κ3) is 3.24. The van der Waals surface area contributed by atoms with Crippen LogP contribution in [0.1, 0.15) is 24.2 Å². The first-order chi connectivity index (χ1) is 6.50. The Morgan fingerprint density at radius 1 is 1.50 bits per heavy atom. The molecule has 0 atom stereocenters. The van der Waals surface area contributed by atoms with Gasteiger partial charge in [-0.05, 0) is 70.6 Å². The molecule has 0 aromatic heterocycles. The molecule has 0 bridgehead atoms. The van der Waals surface area contributed by atoms with Gasteiger partial charge in [0.25, 0.3) is 5.91 Å². The summed E-state index contributed by atoms with van der Waals surface area (Å²) in [6, 6.07) is 5.74. The minimum absolute atomic E-state index is 0.0305. The molecule has 0 radical (unpaired) electrons. The lowest BCUT2D eigenvalue weighted by molar-refractivity contribution is 0.0943. The zero-order valence-electron chi connectivity index (χ0n) is 7.97. The number of carbonyl (C=O) groups excluding carboxylic acids is 1. The zero-order valence-corrected chi connectivity index (χ0v) is 11.7. The second-order valence-electron chi connectivity index (χ2n) is 3.26. The number of amides is 1. The fraction of sp³-hybridized carbons (Fsp3) is 0.300. The van der Waals surface area contributed by atoms with Crippen LogP contribution in [0.4, 0.5) is 0 Å². The van der Waals surface area contributed by atoms with Crippen LogP contribution < -0.4 is 5.32 Å². The molecule has 0 aliphatic heterocycles. The summed E-state index contributed by atoms with van der Waals surface area (Å²) in [6.07, 6.45) is 0. The fourth-order valence-corrected chi connectivity index (χ4v) is 1.70. The number of hydrogen-bond donors (Lipinski definition) is 1. The van der Waals surface area contributed by atoms with Gasteiger partial charge >= 0.3 is 0 Å².